The van der Waals surface area contributed by atoms with E-state index < -0.39 is 0 Å². The summed E-state index contributed by atoms with van der Waals surface area (Å²) in [6.07, 6.45) is 8.30. The number of hydrogen-bond acceptors (Lipinski definition) is 3. The predicted octanol–water partition coefficient (Wildman–Crippen LogP) is 2.72. The van der Waals surface area contributed by atoms with Gasteiger partial charge in [0.2, 0.25) is 0 Å². The normalized spacial score (nSPS) is 16.0. The predicted molar refractivity (Wildman–Crippen MR) is 65.0 cm³/mol. The molecule has 0 fully saturated rings. The molecule has 1 atom stereocenters. The molecule has 0 heterocycles. The maximum Gasteiger partial charge on any atom is 0.143 e. The Morgan fingerprint density at radius 2 is 2.14 bits per heavy atom. The number of nitrogens with zero attached hydrogens (tertiary/aromatic N) is 1. The molecule has 0 rings (SSSR count). The molecule has 0 aromatic rings. The molecule has 0 N–H and O–H groups in total. The van der Waals surface area contributed by atoms with Crippen LogP contribution in [-0.4, -0.2) is 25.8 Å². The third kappa shape index (κ3) is 3.92. The van der Waals surface area contributed by atoms with Gasteiger partial charge in [0, 0.05) is 24.1 Å². The summed E-state index contributed by atoms with van der Waals surface area (Å²) in [5, 5.41) is 0. The van der Waals surface area contributed by atoms with Crippen LogP contribution in [0.3, 0.4) is 0 Å². The minimum absolute atomic E-state index is 0.184. The molecule has 78 valence electrons. The third-order valence-corrected chi connectivity index (χ3v) is 2.79. The first-order chi connectivity index (χ1) is 6.71. The van der Waals surface area contributed by atoms with Crippen molar-refractivity contribution in [3.63, 3.8) is 0 Å². The highest BCUT2D eigenvalue weighted by molar-refractivity contribution is 8.02. The van der Waals surface area contributed by atoms with E-state index in [2.05, 4.69) is 4.99 Å². The van der Waals surface area contributed by atoms with E-state index in [1.807, 2.05) is 32.4 Å². The average Bonchev–Trinajstić information content (AvgIpc) is 2.18. The van der Waals surface area contributed by atoms with Crippen LogP contribution in [0.15, 0.2) is 27.6 Å². The van der Waals surface area contributed by atoms with Crippen molar-refractivity contribution in [1.29, 1.82) is 0 Å². The van der Waals surface area contributed by atoms with Crippen LogP contribution in [0.25, 0.3) is 0 Å². The molecule has 0 aliphatic carbocycles. The molecule has 0 unspecified atom stereocenters. The zero-order valence-corrected chi connectivity index (χ0v) is 9.97. The number of aldehydes is 1. The molecule has 0 aromatic heterocycles. The lowest BCUT2D eigenvalue weighted by atomic mass is 10.0. The summed E-state index contributed by atoms with van der Waals surface area (Å²) in [6, 6.07) is 0. The Bertz CT molecular complexity index is 266. The molecule has 3 heteroatoms. The van der Waals surface area contributed by atoms with E-state index in [9.17, 15) is 4.79 Å². The molecular weight excluding hydrogens is 194 g/mol. The first-order valence-electron chi connectivity index (χ1n) is 4.49. The van der Waals surface area contributed by atoms with Gasteiger partial charge in [0.05, 0.1) is 0 Å². The zero-order valence-electron chi connectivity index (χ0n) is 9.15. The van der Waals surface area contributed by atoms with Crippen molar-refractivity contribution in [2.24, 2.45) is 10.9 Å². The molecule has 14 heavy (non-hydrogen) atoms. The average molecular weight is 211 g/mol. The Hall–Kier alpha value is -0.830. The smallest absolute Gasteiger partial charge is 0.143 e. The van der Waals surface area contributed by atoms with Crippen LogP contribution in [0.5, 0.6) is 0 Å². The van der Waals surface area contributed by atoms with Crippen molar-refractivity contribution in [1.82, 2.24) is 0 Å². The van der Waals surface area contributed by atoms with E-state index in [1.165, 1.54) is 0 Å². The van der Waals surface area contributed by atoms with Gasteiger partial charge in [-0.3, -0.25) is 4.79 Å². The summed E-state index contributed by atoms with van der Waals surface area (Å²) in [5.41, 5.74) is 1.03. The summed E-state index contributed by atoms with van der Waals surface area (Å²) >= 11 is 1.64. The van der Waals surface area contributed by atoms with Crippen molar-refractivity contribution >= 4 is 24.3 Å². The van der Waals surface area contributed by atoms with E-state index in [4.69, 9.17) is 0 Å². The summed E-state index contributed by atoms with van der Waals surface area (Å²) in [5.74, 6) is 0.184. The molecule has 0 amide bonds. The Kier molecular flexibility index (Phi) is 7.11. The lowest BCUT2D eigenvalue weighted by molar-refractivity contribution is -0.104. The number of allylic oxidation sites excluding steroid dienone is 3. The highest BCUT2D eigenvalue weighted by Gasteiger charge is 2.09. The Morgan fingerprint density at radius 3 is 2.50 bits per heavy atom. The molecule has 0 aliphatic heterocycles. The Labute approximate surface area is 90.2 Å². The maximum absolute atomic E-state index is 10.5. The third-order valence-electron chi connectivity index (χ3n) is 1.88. The quantitative estimate of drug-likeness (QED) is 0.303. The molecule has 2 nitrogen and oxygen atoms in total. The van der Waals surface area contributed by atoms with Crippen LogP contribution in [0, 0.1) is 5.92 Å². The topological polar surface area (TPSA) is 29.4 Å². The second-order valence-corrected chi connectivity index (χ2v) is 3.66. The van der Waals surface area contributed by atoms with E-state index >= 15 is 0 Å². The molecule has 0 saturated carbocycles. The maximum atomic E-state index is 10.5. The second kappa shape index (κ2) is 7.56. The first-order valence-corrected chi connectivity index (χ1v) is 5.72. The summed E-state index contributed by atoms with van der Waals surface area (Å²) < 4.78 is 0. The number of aliphatic imine (C=N–C) groups is 1. The highest BCUT2D eigenvalue weighted by atomic mass is 32.2. The standard InChI is InChI=1S/C11H17NOS/c1-5-11(14-4)10(6-7-13)9(2)8-12-3/h5-9H,1-4H3/b10-6-,11-5-,12-8?/t9-/m0/s1. The van der Waals surface area contributed by atoms with Crippen molar-refractivity contribution in [2.75, 3.05) is 13.3 Å². The van der Waals surface area contributed by atoms with E-state index in [-0.39, 0.29) is 5.92 Å². The largest absolute Gasteiger partial charge is 0.300 e. The van der Waals surface area contributed by atoms with Crippen LogP contribution >= 0.6 is 11.8 Å². The number of carbonyl (C=O) groups is 1. The van der Waals surface area contributed by atoms with Crippen molar-refractivity contribution in [3.8, 4) is 0 Å². The molecule has 0 bridgehead atoms. The van der Waals surface area contributed by atoms with Crippen molar-refractivity contribution in [3.05, 3.63) is 22.6 Å². The summed E-state index contributed by atoms with van der Waals surface area (Å²) in [7, 11) is 1.74. The molecular formula is C11H17NOS. The van der Waals surface area contributed by atoms with Crippen LogP contribution in [0.1, 0.15) is 13.8 Å². The Morgan fingerprint density at radius 1 is 1.50 bits per heavy atom. The second-order valence-electron chi connectivity index (χ2n) is 2.81. The minimum Gasteiger partial charge on any atom is -0.300 e. The zero-order chi connectivity index (χ0) is 11.0. The van der Waals surface area contributed by atoms with Gasteiger partial charge in [0.25, 0.3) is 0 Å². The lowest BCUT2D eigenvalue weighted by Gasteiger charge is -2.12. The fourth-order valence-electron chi connectivity index (χ4n) is 1.24. The number of carbonyl (C=O) groups excluding carboxylic acids is 1. The number of hydrogen-bond donors (Lipinski definition) is 0. The van der Waals surface area contributed by atoms with Gasteiger partial charge in [-0.1, -0.05) is 13.0 Å². The monoisotopic (exact) mass is 211 g/mol. The van der Waals surface area contributed by atoms with Gasteiger partial charge in [-0.25, -0.2) is 0 Å². The number of rotatable bonds is 5. The lowest BCUT2D eigenvalue weighted by Crippen LogP contribution is -2.02. The van der Waals surface area contributed by atoms with Crippen molar-refractivity contribution in [2.45, 2.75) is 13.8 Å². The first kappa shape index (κ1) is 13.2. The van der Waals surface area contributed by atoms with Gasteiger partial charge in [0.15, 0.2) is 0 Å². The van der Waals surface area contributed by atoms with Crippen LogP contribution in [0.4, 0.5) is 0 Å². The molecule has 0 aromatic carbocycles. The summed E-state index contributed by atoms with van der Waals surface area (Å²) in [6.45, 7) is 4.00. The van der Waals surface area contributed by atoms with Gasteiger partial charge in [-0.2, -0.15) is 0 Å². The van der Waals surface area contributed by atoms with Gasteiger partial charge in [0.1, 0.15) is 6.29 Å². The van der Waals surface area contributed by atoms with E-state index in [1.54, 1.807) is 24.9 Å². The Balaban J connectivity index is 4.94. The molecule has 0 radical (unpaired) electrons. The van der Waals surface area contributed by atoms with Crippen LogP contribution < -0.4 is 0 Å². The SMILES string of the molecule is C/C=C(SC)/C(=C\C=O)[C@@H](C)C=NC. The minimum atomic E-state index is 0.184. The van der Waals surface area contributed by atoms with Crippen molar-refractivity contribution < 1.29 is 4.79 Å². The summed E-state index contributed by atoms with van der Waals surface area (Å²) in [4.78, 5) is 15.6. The van der Waals surface area contributed by atoms with Gasteiger partial charge in [-0.05, 0) is 24.8 Å². The highest BCUT2D eigenvalue weighted by Crippen LogP contribution is 2.26. The van der Waals surface area contributed by atoms with Gasteiger partial charge >= 0.3 is 0 Å². The van der Waals surface area contributed by atoms with Crippen LogP contribution in [-0.2, 0) is 4.79 Å². The van der Waals surface area contributed by atoms with E-state index in [0.717, 1.165) is 16.8 Å². The van der Waals surface area contributed by atoms with Crippen LogP contribution in [0.2, 0.25) is 0 Å². The molecule has 0 saturated heterocycles. The van der Waals surface area contributed by atoms with Gasteiger partial charge < -0.3 is 4.99 Å². The fraction of sp³-hybridized carbons (Fsp3) is 0.455. The molecule has 0 aliphatic rings. The van der Waals surface area contributed by atoms with Gasteiger partial charge in [-0.15, -0.1) is 11.8 Å². The fourth-order valence-corrected chi connectivity index (χ4v) is 1.96. The van der Waals surface area contributed by atoms with E-state index in [0.29, 0.717) is 0 Å². The number of thioether (sulfide) groups is 1. The molecule has 0 spiro atoms.